The molecule has 0 atom stereocenters. The third kappa shape index (κ3) is 2.47. The number of halogens is 1. The van der Waals surface area contributed by atoms with Gasteiger partial charge in [0.15, 0.2) is 11.5 Å². The zero-order valence-corrected chi connectivity index (χ0v) is 10.8. The van der Waals surface area contributed by atoms with E-state index in [0.717, 1.165) is 5.56 Å². The third-order valence-corrected chi connectivity index (χ3v) is 2.70. The zero-order valence-electron chi connectivity index (χ0n) is 10.1. The molecule has 1 aromatic carbocycles. The Bertz CT molecular complexity index is 599. The normalized spacial score (nSPS) is 10.4. The zero-order chi connectivity index (χ0) is 13.1. The average Bonchev–Trinajstić information content (AvgIpc) is 2.39. The molecule has 4 nitrogen and oxygen atoms in total. The topological polar surface area (TPSA) is 62.5 Å². The summed E-state index contributed by atoms with van der Waals surface area (Å²) in [7, 11) is 0. The maximum atomic E-state index is 9.13. The van der Waals surface area contributed by atoms with E-state index in [1.54, 1.807) is 24.3 Å². The Kier molecular flexibility index (Phi) is 3.54. The molecule has 1 aromatic heterocycles. The van der Waals surface area contributed by atoms with Gasteiger partial charge in [0.25, 0.3) is 0 Å². The van der Waals surface area contributed by atoms with E-state index in [9.17, 15) is 0 Å². The van der Waals surface area contributed by atoms with Gasteiger partial charge in [-0.3, -0.25) is 0 Å². The number of aromatic nitrogens is 3. The first-order valence-corrected chi connectivity index (χ1v) is 5.90. The molecule has 2 aromatic rings. The molecule has 0 aliphatic rings. The molecule has 2 rings (SSSR count). The van der Waals surface area contributed by atoms with Crippen molar-refractivity contribution < 1.29 is 0 Å². The number of hydrogen-bond donors (Lipinski definition) is 0. The van der Waals surface area contributed by atoms with Crippen LogP contribution in [-0.4, -0.2) is 15.2 Å². The van der Waals surface area contributed by atoms with Crippen LogP contribution in [0, 0.1) is 11.3 Å². The molecule has 18 heavy (non-hydrogen) atoms. The minimum Gasteiger partial charge on any atom is -0.218 e. The summed E-state index contributed by atoms with van der Waals surface area (Å²) in [4.78, 5) is 4.22. The second kappa shape index (κ2) is 5.11. The lowest BCUT2D eigenvalue weighted by Gasteiger charge is -2.06. The van der Waals surface area contributed by atoms with Gasteiger partial charge in [0.1, 0.15) is 11.8 Å². The highest BCUT2D eigenvalue weighted by Gasteiger charge is 2.12. The smallest absolute Gasteiger partial charge is 0.170 e. The van der Waals surface area contributed by atoms with E-state index in [0.29, 0.717) is 16.5 Å². The van der Waals surface area contributed by atoms with Gasteiger partial charge in [-0.25, -0.2) is 4.98 Å². The van der Waals surface area contributed by atoms with Gasteiger partial charge in [-0.2, -0.15) is 5.26 Å². The molecule has 0 bridgehead atoms. The van der Waals surface area contributed by atoms with E-state index in [1.165, 1.54) is 0 Å². The second-order valence-electron chi connectivity index (χ2n) is 4.14. The van der Waals surface area contributed by atoms with Crippen LogP contribution in [0.15, 0.2) is 24.3 Å². The Labute approximate surface area is 110 Å². The second-order valence-corrected chi connectivity index (χ2v) is 4.58. The van der Waals surface area contributed by atoms with E-state index >= 15 is 0 Å². The van der Waals surface area contributed by atoms with Gasteiger partial charge in [-0.1, -0.05) is 37.6 Å². The lowest BCUT2D eigenvalue weighted by Crippen LogP contribution is -2.04. The van der Waals surface area contributed by atoms with Gasteiger partial charge in [0, 0.05) is 16.5 Å². The maximum absolute atomic E-state index is 9.13. The van der Waals surface area contributed by atoms with Crippen molar-refractivity contribution in [1.29, 1.82) is 5.26 Å². The van der Waals surface area contributed by atoms with Crippen molar-refractivity contribution in [2.24, 2.45) is 0 Å². The van der Waals surface area contributed by atoms with Crippen LogP contribution in [-0.2, 0) is 0 Å². The van der Waals surface area contributed by atoms with Gasteiger partial charge in [0.05, 0.1) is 0 Å². The van der Waals surface area contributed by atoms with Gasteiger partial charge >= 0.3 is 0 Å². The van der Waals surface area contributed by atoms with Crippen molar-refractivity contribution in [2.75, 3.05) is 0 Å². The predicted molar refractivity (Wildman–Crippen MR) is 69.1 cm³/mol. The fourth-order valence-corrected chi connectivity index (χ4v) is 1.59. The molecular formula is C13H11ClN4. The summed E-state index contributed by atoms with van der Waals surface area (Å²) in [6.07, 6.45) is 0. The van der Waals surface area contributed by atoms with Crippen LogP contribution in [0.25, 0.3) is 11.3 Å². The Hall–Kier alpha value is -1.99. The number of rotatable bonds is 2. The third-order valence-electron chi connectivity index (χ3n) is 2.44. The number of nitriles is 1. The minimum atomic E-state index is 0.142. The van der Waals surface area contributed by atoms with E-state index < -0.39 is 0 Å². The molecule has 0 amide bonds. The molecule has 0 unspecified atom stereocenters. The molecule has 0 N–H and O–H groups in total. The van der Waals surface area contributed by atoms with Gasteiger partial charge in [-0.15, -0.1) is 10.2 Å². The average molecular weight is 259 g/mol. The molecule has 1 heterocycles. The van der Waals surface area contributed by atoms with Crippen molar-refractivity contribution in [1.82, 2.24) is 15.2 Å². The van der Waals surface area contributed by atoms with Crippen LogP contribution in [0.1, 0.15) is 31.3 Å². The van der Waals surface area contributed by atoms with Crippen molar-refractivity contribution in [3.63, 3.8) is 0 Å². The summed E-state index contributed by atoms with van der Waals surface area (Å²) in [6, 6.07) is 9.14. The van der Waals surface area contributed by atoms with Crippen molar-refractivity contribution >= 4 is 11.6 Å². The highest BCUT2D eigenvalue weighted by atomic mass is 35.5. The SMILES string of the molecule is CC(C)c1nnc(-c2ccc(Cl)cc2)c(C#N)n1. The molecule has 0 radical (unpaired) electrons. The molecule has 0 fully saturated rings. The van der Waals surface area contributed by atoms with Gasteiger partial charge in [-0.05, 0) is 12.1 Å². The summed E-state index contributed by atoms with van der Waals surface area (Å²) in [5, 5.41) is 17.9. The Morgan fingerprint density at radius 3 is 2.39 bits per heavy atom. The monoisotopic (exact) mass is 258 g/mol. The van der Waals surface area contributed by atoms with E-state index in [1.807, 2.05) is 13.8 Å². The van der Waals surface area contributed by atoms with E-state index in [2.05, 4.69) is 21.3 Å². The number of nitrogens with zero attached hydrogens (tertiary/aromatic N) is 4. The lowest BCUT2D eigenvalue weighted by molar-refractivity contribution is 0.734. The Morgan fingerprint density at radius 1 is 1.17 bits per heavy atom. The first kappa shape index (κ1) is 12.5. The summed E-state index contributed by atoms with van der Waals surface area (Å²) in [6.45, 7) is 3.92. The summed E-state index contributed by atoms with van der Waals surface area (Å²) in [5.74, 6) is 0.716. The first-order valence-electron chi connectivity index (χ1n) is 5.52. The summed E-state index contributed by atoms with van der Waals surface area (Å²) >= 11 is 5.82. The van der Waals surface area contributed by atoms with Crippen LogP contribution in [0.2, 0.25) is 5.02 Å². The van der Waals surface area contributed by atoms with Crippen LogP contribution in [0.3, 0.4) is 0 Å². The molecule has 0 aliphatic carbocycles. The molecule has 0 saturated heterocycles. The first-order chi connectivity index (χ1) is 8.61. The van der Waals surface area contributed by atoms with E-state index in [-0.39, 0.29) is 11.6 Å². The van der Waals surface area contributed by atoms with Crippen molar-refractivity contribution in [3.05, 3.63) is 40.8 Å². The molecule has 5 heteroatoms. The molecule has 90 valence electrons. The van der Waals surface area contributed by atoms with Crippen molar-refractivity contribution in [2.45, 2.75) is 19.8 Å². The van der Waals surface area contributed by atoms with Crippen LogP contribution >= 0.6 is 11.6 Å². The Morgan fingerprint density at radius 2 is 1.83 bits per heavy atom. The van der Waals surface area contributed by atoms with E-state index in [4.69, 9.17) is 16.9 Å². The quantitative estimate of drug-likeness (QED) is 0.830. The highest BCUT2D eigenvalue weighted by Crippen LogP contribution is 2.22. The number of benzene rings is 1. The number of hydrogen-bond acceptors (Lipinski definition) is 4. The minimum absolute atomic E-state index is 0.142. The fourth-order valence-electron chi connectivity index (χ4n) is 1.46. The van der Waals surface area contributed by atoms with Gasteiger partial charge in [0.2, 0.25) is 0 Å². The van der Waals surface area contributed by atoms with Gasteiger partial charge < -0.3 is 0 Å². The standard InChI is InChI=1S/C13H11ClN4/c1-8(2)13-16-11(7-15)12(17-18-13)9-3-5-10(14)6-4-9/h3-6,8H,1-2H3. The van der Waals surface area contributed by atoms with Crippen LogP contribution in [0.5, 0.6) is 0 Å². The Balaban J connectivity index is 2.52. The molecular weight excluding hydrogens is 248 g/mol. The molecule has 0 spiro atoms. The summed E-state index contributed by atoms with van der Waals surface area (Å²) < 4.78 is 0. The van der Waals surface area contributed by atoms with Crippen molar-refractivity contribution in [3.8, 4) is 17.3 Å². The highest BCUT2D eigenvalue weighted by molar-refractivity contribution is 6.30. The fraction of sp³-hybridized carbons (Fsp3) is 0.231. The lowest BCUT2D eigenvalue weighted by atomic mass is 10.1. The largest absolute Gasteiger partial charge is 0.218 e. The summed E-state index contributed by atoms with van der Waals surface area (Å²) in [5.41, 5.74) is 1.56. The maximum Gasteiger partial charge on any atom is 0.170 e. The molecule has 0 aliphatic heterocycles. The van der Waals surface area contributed by atoms with Crippen LogP contribution in [0.4, 0.5) is 0 Å². The predicted octanol–water partition coefficient (Wildman–Crippen LogP) is 3.19. The molecule has 0 saturated carbocycles. The van der Waals surface area contributed by atoms with Crippen LogP contribution < -0.4 is 0 Å².